The predicted molar refractivity (Wildman–Crippen MR) is 102 cm³/mol. The Morgan fingerprint density at radius 3 is 2.25 bits per heavy atom. The maximum atomic E-state index is 4.60. The van der Waals surface area contributed by atoms with Crippen molar-refractivity contribution in [2.45, 2.75) is 34.1 Å². The highest BCUT2D eigenvalue weighted by atomic mass is 15.1. The predicted octanol–water partition coefficient (Wildman–Crippen LogP) is 3.82. The molecule has 0 saturated heterocycles. The standard InChI is InChI=1S/C19H29N5/c1-13-10-14(2)18(15(3)11-13)23-19-21-16(4)12-17(22-19)20-8-7-9-24(5)6/h10-12H,7-9H2,1-6H3,(H2,20,21,22,23). The lowest BCUT2D eigenvalue weighted by molar-refractivity contribution is 0.405. The van der Waals surface area contributed by atoms with Gasteiger partial charge in [-0.25, -0.2) is 4.98 Å². The molecule has 2 aromatic rings. The maximum Gasteiger partial charge on any atom is 0.229 e. The Hall–Kier alpha value is -2.14. The van der Waals surface area contributed by atoms with Crippen molar-refractivity contribution < 1.29 is 0 Å². The highest BCUT2D eigenvalue weighted by molar-refractivity contribution is 5.64. The van der Waals surface area contributed by atoms with Gasteiger partial charge < -0.3 is 15.5 Å². The van der Waals surface area contributed by atoms with Crippen molar-refractivity contribution in [3.8, 4) is 0 Å². The van der Waals surface area contributed by atoms with Crippen LogP contribution in [0.1, 0.15) is 28.8 Å². The molecule has 0 aliphatic heterocycles. The van der Waals surface area contributed by atoms with Gasteiger partial charge in [0.15, 0.2) is 0 Å². The normalized spacial score (nSPS) is 11.0. The molecule has 0 fully saturated rings. The quantitative estimate of drug-likeness (QED) is 0.757. The van der Waals surface area contributed by atoms with E-state index >= 15 is 0 Å². The maximum absolute atomic E-state index is 4.60. The molecule has 0 aliphatic rings. The lowest BCUT2D eigenvalue weighted by Crippen LogP contribution is -2.17. The van der Waals surface area contributed by atoms with Crippen molar-refractivity contribution in [2.24, 2.45) is 0 Å². The smallest absolute Gasteiger partial charge is 0.229 e. The molecular weight excluding hydrogens is 298 g/mol. The summed E-state index contributed by atoms with van der Waals surface area (Å²) in [6.07, 6.45) is 1.08. The molecular formula is C19H29N5. The molecule has 0 saturated carbocycles. The largest absolute Gasteiger partial charge is 0.370 e. The van der Waals surface area contributed by atoms with E-state index in [1.165, 1.54) is 16.7 Å². The summed E-state index contributed by atoms with van der Waals surface area (Å²) >= 11 is 0. The van der Waals surface area contributed by atoms with Gasteiger partial charge in [-0.15, -0.1) is 0 Å². The van der Waals surface area contributed by atoms with Crippen LogP contribution >= 0.6 is 0 Å². The fraction of sp³-hybridized carbons (Fsp3) is 0.474. The molecule has 0 radical (unpaired) electrons. The van der Waals surface area contributed by atoms with E-state index in [0.717, 1.165) is 36.7 Å². The Bertz CT molecular complexity index is 671. The molecule has 5 nitrogen and oxygen atoms in total. The third-order valence-electron chi connectivity index (χ3n) is 3.86. The molecule has 0 amide bonds. The summed E-state index contributed by atoms with van der Waals surface area (Å²) in [5, 5.41) is 6.77. The summed E-state index contributed by atoms with van der Waals surface area (Å²) in [6.45, 7) is 10.3. The van der Waals surface area contributed by atoms with Crippen LogP contribution in [0, 0.1) is 27.7 Å². The van der Waals surface area contributed by atoms with Crippen molar-refractivity contribution in [2.75, 3.05) is 37.8 Å². The van der Waals surface area contributed by atoms with Crippen LogP contribution in [0.2, 0.25) is 0 Å². The van der Waals surface area contributed by atoms with Crippen molar-refractivity contribution in [3.63, 3.8) is 0 Å². The van der Waals surface area contributed by atoms with Crippen molar-refractivity contribution in [1.29, 1.82) is 0 Å². The van der Waals surface area contributed by atoms with E-state index in [2.05, 4.69) is 72.5 Å². The number of nitrogens with one attached hydrogen (secondary N) is 2. The summed E-state index contributed by atoms with van der Waals surface area (Å²) in [5.41, 5.74) is 5.72. The molecule has 0 aliphatic carbocycles. The third kappa shape index (κ3) is 5.20. The monoisotopic (exact) mass is 327 g/mol. The summed E-state index contributed by atoms with van der Waals surface area (Å²) in [4.78, 5) is 11.3. The van der Waals surface area contributed by atoms with Crippen molar-refractivity contribution in [1.82, 2.24) is 14.9 Å². The second-order valence-corrected chi connectivity index (χ2v) is 6.70. The number of nitrogens with zero attached hydrogens (tertiary/aromatic N) is 3. The summed E-state index contributed by atoms with van der Waals surface area (Å²) in [7, 11) is 4.17. The van der Waals surface area contributed by atoms with Crippen LogP contribution in [-0.2, 0) is 0 Å². The topological polar surface area (TPSA) is 53.1 Å². The highest BCUT2D eigenvalue weighted by Gasteiger charge is 2.08. The molecule has 5 heteroatoms. The number of rotatable bonds is 7. The molecule has 0 spiro atoms. The Balaban J connectivity index is 2.11. The van der Waals surface area contributed by atoms with E-state index in [1.54, 1.807) is 0 Å². The molecule has 0 atom stereocenters. The summed E-state index contributed by atoms with van der Waals surface area (Å²) in [6, 6.07) is 6.33. The lowest BCUT2D eigenvalue weighted by atomic mass is 10.1. The van der Waals surface area contributed by atoms with Crippen LogP contribution in [0.3, 0.4) is 0 Å². The minimum absolute atomic E-state index is 0.639. The molecule has 130 valence electrons. The van der Waals surface area contributed by atoms with Gasteiger partial charge in [0.25, 0.3) is 0 Å². The minimum Gasteiger partial charge on any atom is -0.370 e. The van der Waals surface area contributed by atoms with Gasteiger partial charge in [0.2, 0.25) is 5.95 Å². The number of benzene rings is 1. The molecule has 0 unspecified atom stereocenters. The van der Waals surface area contributed by atoms with Gasteiger partial charge in [0.1, 0.15) is 5.82 Å². The highest BCUT2D eigenvalue weighted by Crippen LogP contribution is 2.25. The minimum atomic E-state index is 0.639. The first-order valence-electron chi connectivity index (χ1n) is 8.44. The molecule has 2 rings (SSSR count). The molecule has 2 N–H and O–H groups in total. The molecule has 24 heavy (non-hydrogen) atoms. The zero-order valence-electron chi connectivity index (χ0n) is 15.7. The Labute approximate surface area is 145 Å². The molecule has 1 aromatic carbocycles. The van der Waals surface area contributed by atoms with Crippen LogP contribution in [0.4, 0.5) is 17.5 Å². The van der Waals surface area contributed by atoms with Crippen LogP contribution < -0.4 is 10.6 Å². The van der Waals surface area contributed by atoms with Gasteiger partial charge in [0, 0.05) is 24.0 Å². The lowest BCUT2D eigenvalue weighted by Gasteiger charge is -2.14. The van der Waals surface area contributed by atoms with Crippen molar-refractivity contribution in [3.05, 3.63) is 40.6 Å². The van der Waals surface area contributed by atoms with E-state index in [4.69, 9.17) is 0 Å². The Morgan fingerprint density at radius 1 is 0.958 bits per heavy atom. The molecule has 1 heterocycles. The summed E-state index contributed by atoms with van der Waals surface area (Å²) in [5.74, 6) is 1.51. The number of anilines is 3. The van der Waals surface area contributed by atoms with E-state index in [-0.39, 0.29) is 0 Å². The van der Waals surface area contributed by atoms with Gasteiger partial charge in [-0.2, -0.15) is 4.98 Å². The summed E-state index contributed by atoms with van der Waals surface area (Å²) < 4.78 is 0. The first-order chi connectivity index (χ1) is 11.3. The number of aromatic nitrogens is 2. The van der Waals surface area contributed by atoms with Gasteiger partial charge >= 0.3 is 0 Å². The Morgan fingerprint density at radius 2 is 1.62 bits per heavy atom. The zero-order chi connectivity index (χ0) is 17.7. The third-order valence-corrected chi connectivity index (χ3v) is 3.86. The average Bonchev–Trinajstić information content (AvgIpc) is 2.47. The van der Waals surface area contributed by atoms with E-state index in [1.807, 2.05) is 13.0 Å². The SMILES string of the molecule is Cc1cc(C)c(Nc2nc(C)cc(NCCCN(C)C)n2)c(C)c1. The molecule has 1 aromatic heterocycles. The van der Waals surface area contributed by atoms with Crippen molar-refractivity contribution >= 4 is 17.5 Å². The van der Waals surface area contributed by atoms with Crippen LogP contribution in [0.5, 0.6) is 0 Å². The van der Waals surface area contributed by atoms with E-state index in [9.17, 15) is 0 Å². The molecule has 0 bridgehead atoms. The van der Waals surface area contributed by atoms with E-state index in [0.29, 0.717) is 5.95 Å². The van der Waals surface area contributed by atoms with Gasteiger partial charge in [-0.3, -0.25) is 0 Å². The second-order valence-electron chi connectivity index (χ2n) is 6.70. The fourth-order valence-corrected chi connectivity index (χ4v) is 2.82. The number of hydrogen-bond donors (Lipinski definition) is 2. The first-order valence-corrected chi connectivity index (χ1v) is 8.44. The van der Waals surface area contributed by atoms with Crippen LogP contribution in [0.25, 0.3) is 0 Å². The van der Waals surface area contributed by atoms with Gasteiger partial charge in [-0.1, -0.05) is 17.7 Å². The average molecular weight is 327 g/mol. The van der Waals surface area contributed by atoms with E-state index < -0.39 is 0 Å². The second kappa shape index (κ2) is 8.11. The van der Waals surface area contributed by atoms with Gasteiger partial charge in [0.05, 0.1) is 0 Å². The first kappa shape index (κ1) is 18.2. The van der Waals surface area contributed by atoms with Crippen LogP contribution in [0.15, 0.2) is 18.2 Å². The van der Waals surface area contributed by atoms with Crippen LogP contribution in [-0.4, -0.2) is 42.1 Å². The zero-order valence-corrected chi connectivity index (χ0v) is 15.7. The number of aryl methyl sites for hydroxylation is 4. The van der Waals surface area contributed by atoms with Gasteiger partial charge in [-0.05, 0) is 65.9 Å². The Kier molecular flexibility index (Phi) is 6.15. The fourth-order valence-electron chi connectivity index (χ4n) is 2.82. The number of hydrogen-bond acceptors (Lipinski definition) is 5.